The lowest BCUT2D eigenvalue weighted by Crippen LogP contribution is -2.32. The SMILES string of the molecule is CCCCCCNC(=O)CCCC(C)Oc1ccc2c(c1)CN1CC(=O)NC1=N2. The van der Waals surface area contributed by atoms with Crippen molar-refractivity contribution in [2.75, 3.05) is 13.1 Å². The molecule has 0 spiro atoms. The summed E-state index contributed by atoms with van der Waals surface area (Å²) in [7, 11) is 0. The predicted molar refractivity (Wildman–Crippen MR) is 113 cm³/mol. The van der Waals surface area contributed by atoms with Crippen LogP contribution in [0.1, 0.15) is 64.4 Å². The van der Waals surface area contributed by atoms with Gasteiger partial charge in [0.2, 0.25) is 17.8 Å². The smallest absolute Gasteiger partial charge is 0.246 e. The topological polar surface area (TPSA) is 83.0 Å². The minimum atomic E-state index is -0.0216. The molecule has 2 heterocycles. The number of benzene rings is 1. The number of amides is 2. The van der Waals surface area contributed by atoms with Crippen molar-refractivity contribution in [3.63, 3.8) is 0 Å². The molecule has 158 valence electrons. The van der Waals surface area contributed by atoms with E-state index in [1.54, 1.807) is 0 Å². The van der Waals surface area contributed by atoms with E-state index in [0.717, 1.165) is 42.8 Å². The first-order valence-corrected chi connectivity index (χ1v) is 10.7. The van der Waals surface area contributed by atoms with Gasteiger partial charge in [-0.15, -0.1) is 0 Å². The van der Waals surface area contributed by atoms with Gasteiger partial charge in [0, 0.05) is 25.1 Å². The Morgan fingerprint density at radius 3 is 2.97 bits per heavy atom. The van der Waals surface area contributed by atoms with E-state index in [4.69, 9.17) is 4.74 Å². The molecule has 0 saturated carbocycles. The Kier molecular flexibility index (Phi) is 7.49. The van der Waals surface area contributed by atoms with Crippen LogP contribution >= 0.6 is 0 Å². The van der Waals surface area contributed by atoms with Crippen molar-refractivity contribution in [3.8, 4) is 5.75 Å². The molecule has 1 saturated heterocycles. The number of aliphatic imine (C=N–C) groups is 1. The van der Waals surface area contributed by atoms with E-state index in [1.165, 1.54) is 19.3 Å². The molecule has 1 unspecified atom stereocenters. The molecular weight excluding hydrogens is 368 g/mol. The summed E-state index contributed by atoms with van der Waals surface area (Å²) >= 11 is 0. The van der Waals surface area contributed by atoms with Gasteiger partial charge in [-0.3, -0.25) is 14.9 Å². The number of ether oxygens (including phenoxy) is 1. The molecule has 0 aliphatic carbocycles. The second-order valence-electron chi connectivity index (χ2n) is 7.86. The molecule has 2 amide bonds. The van der Waals surface area contributed by atoms with E-state index < -0.39 is 0 Å². The lowest BCUT2D eigenvalue weighted by atomic mass is 10.1. The highest BCUT2D eigenvalue weighted by atomic mass is 16.5. The summed E-state index contributed by atoms with van der Waals surface area (Å²) < 4.78 is 6.04. The molecule has 3 rings (SSSR count). The van der Waals surface area contributed by atoms with E-state index in [9.17, 15) is 9.59 Å². The molecule has 7 heteroatoms. The summed E-state index contributed by atoms with van der Waals surface area (Å²) in [6.07, 6.45) is 6.88. The molecule has 0 radical (unpaired) electrons. The lowest BCUT2D eigenvalue weighted by Gasteiger charge is -2.23. The van der Waals surface area contributed by atoms with Crippen molar-refractivity contribution in [3.05, 3.63) is 23.8 Å². The number of nitrogens with zero attached hydrogens (tertiary/aromatic N) is 2. The van der Waals surface area contributed by atoms with E-state index >= 15 is 0 Å². The zero-order valence-corrected chi connectivity index (χ0v) is 17.5. The Bertz CT molecular complexity index is 762. The first kappa shape index (κ1) is 21.1. The largest absolute Gasteiger partial charge is 0.491 e. The third-order valence-corrected chi connectivity index (χ3v) is 5.23. The summed E-state index contributed by atoms with van der Waals surface area (Å²) in [5, 5.41) is 5.77. The van der Waals surface area contributed by atoms with Crippen molar-refractivity contribution in [2.45, 2.75) is 71.4 Å². The highest BCUT2D eigenvalue weighted by Crippen LogP contribution is 2.31. The number of carbonyl (C=O) groups is 2. The number of hydrogen-bond donors (Lipinski definition) is 2. The van der Waals surface area contributed by atoms with Crippen LogP contribution in [0.5, 0.6) is 5.75 Å². The zero-order valence-electron chi connectivity index (χ0n) is 17.5. The van der Waals surface area contributed by atoms with Gasteiger partial charge < -0.3 is 15.0 Å². The Hall–Kier alpha value is -2.57. The van der Waals surface area contributed by atoms with E-state index in [-0.39, 0.29) is 17.9 Å². The summed E-state index contributed by atoms with van der Waals surface area (Å²) in [6.45, 7) is 5.99. The number of hydrogen-bond acceptors (Lipinski definition) is 5. The van der Waals surface area contributed by atoms with Crippen LogP contribution in [0.25, 0.3) is 0 Å². The lowest BCUT2D eigenvalue weighted by molar-refractivity contribution is -0.121. The van der Waals surface area contributed by atoms with Gasteiger partial charge in [0.25, 0.3) is 0 Å². The van der Waals surface area contributed by atoms with Crippen molar-refractivity contribution in [2.24, 2.45) is 4.99 Å². The van der Waals surface area contributed by atoms with Crippen molar-refractivity contribution in [1.82, 2.24) is 15.5 Å². The monoisotopic (exact) mass is 400 g/mol. The maximum absolute atomic E-state index is 11.9. The van der Waals surface area contributed by atoms with Crippen LogP contribution in [-0.4, -0.2) is 41.9 Å². The summed E-state index contributed by atoms with van der Waals surface area (Å²) in [5.41, 5.74) is 1.92. The van der Waals surface area contributed by atoms with Gasteiger partial charge in [0.05, 0.1) is 11.8 Å². The van der Waals surface area contributed by atoms with Crippen LogP contribution in [0.4, 0.5) is 5.69 Å². The minimum Gasteiger partial charge on any atom is -0.491 e. The summed E-state index contributed by atoms with van der Waals surface area (Å²) in [6, 6.07) is 5.84. The van der Waals surface area contributed by atoms with Crippen molar-refractivity contribution in [1.29, 1.82) is 0 Å². The fourth-order valence-corrected chi connectivity index (χ4v) is 3.62. The molecule has 1 fully saturated rings. The van der Waals surface area contributed by atoms with Gasteiger partial charge in [0.1, 0.15) is 12.3 Å². The molecule has 2 aliphatic heterocycles. The summed E-state index contributed by atoms with van der Waals surface area (Å²) in [4.78, 5) is 29.9. The van der Waals surface area contributed by atoms with Gasteiger partial charge in [-0.1, -0.05) is 26.2 Å². The molecule has 1 aromatic rings. The molecule has 1 aromatic carbocycles. The first-order chi connectivity index (χ1) is 14.0. The Morgan fingerprint density at radius 2 is 2.14 bits per heavy atom. The number of guanidine groups is 1. The van der Waals surface area contributed by atoms with Gasteiger partial charge in [-0.25, -0.2) is 4.99 Å². The van der Waals surface area contributed by atoms with Gasteiger partial charge in [-0.2, -0.15) is 0 Å². The maximum Gasteiger partial charge on any atom is 0.246 e. The number of unbranched alkanes of at least 4 members (excludes halogenated alkanes) is 3. The molecular formula is C22H32N4O3. The van der Waals surface area contributed by atoms with Gasteiger partial charge in [-0.05, 0) is 44.4 Å². The van der Waals surface area contributed by atoms with Crippen molar-refractivity contribution < 1.29 is 14.3 Å². The van der Waals surface area contributed by atoms with Crippen LogP contribution < -0.4 is 15.4 Å². The minimum absolute atomic E-state index is 0.0216. The third-order valence-electron chi connectivity index (χ3n) is 5.23. The highest BCUT2D eigenvalue weighted by Gasteiger charge is 2.29. The fraction of sp³-hybridized carbons (Fsp3) is 0.591. The Balaban J connectivity index is 1.38. The number of nitrogens with one attached hydrogen (secondary N) is 2. The standard InChI is InChI=1S/C22H32N4O3/c1-3-4-5-6-12-23-20(27)9-7-8-16(2)29-18-10-11-19-17(13-18)14-26-15-21(28)25-22(26)24-19/h10-11,13,16H,3-9,12,14-15H2,1-2H3,(H,23,27)(H,24,25,28). The summed E-state index contributed by atoms with van der Waals surface area (Å²) in [5.74, 6) is 1.54. The Labute approximate surface area is 172 Å². The van der Waals surface area contributed by atoms with Gasteiger partial charge >= 0.3 is 0 Å². The van der Waals surface area contributed by atoms with Crippen LogP contribution in [0.15, 0.2) is 23.2 Å². The Morgan fingerprint density at radius 1 is 1.28 bits per heavy atom. The van der Waals surface area contributed by atoms with E-state index in [0.29, 0.717) is 25.5 Å². The quantitative estimate of drug-likeness (QED) is 0.559. The molecule has 0 bridgehead atoms. The average molecular weight is 401 g/mol. The van der Waals surface area contributed by atoms with Crippen molar-refractivity contribution >= 4 is 23.5 Å². The average Bonchev–Trinajstić information content (AvgIpc) is 3.04. The highest BCUT2D eigenvalue weighted by molar-refractivity contribution is 6.05. The molecule has 29 heavy (non-hydrogen) atoms. The predicted octanol–water partition coefficient (Wildman–Crippen LogP) is 3.25. The van der Waals surface area contributed by atoms with Crippen LogP contribution in [0, 0.1) is 0 Å². The third kappa shape index (κ3) is 6.21. The van der Waals surface area contributed by atoms with Crippen LogP contribution in [0.2, 0.25) is 0 Å². The fourth-order valence-electron chi connectivity index (χ4n) is 3.62. The van der Waals surface area contributed by atoms with Crippen LogP contribution in [0.3, 0.4) is 0 Å². The number of rotatable bonds is 11. The molecule has 0 aromatic heterocycles. The van der Waals surface area contributed by atoms with Gasteiger partial charge in [0.15, 0.2) is 0 Å². The zero-order chi connectivity index (χ0) is 20.6. The number of carbonyl (C=O) groups excluding carboxylic acids is 2. The second-order valence-corrected chi connectivity index (χ2v) is 7.86. The van der Waals surface area contributed by atoms with Crippen LogP contribution in [-0.2, 0) is 16.1 Å². The number of fused-ring (bicyclic) bond motifs is 2. The van der Waals surface area contributed by atoms with E-state index in [2.05, 4.69) is 22.5 Å². The molecule has 2 aliphatic rings. The maximum atomic E-state index is 11.9. The molecule has 7 nitrogen and oxygen atoms in total. The molecule has 2 N–H and O–H groups in total. The second kappa shape index (κ2) is 10.3. The molecule has 1 atom stereocenters. The van der Waals surface area contributed by atoms with E-state index in [1.807, 2.05) is 30.0 Å². The normalized spacial score (nSPS) is 15.9. The first-order valence-electron chi connectivity index (χ1n) is 10.7.